The number of amides is 1. The minimum Gasteiger partial charge on any atom is -0.348 e. The highest BCUT2D eigenvalue weighted by molar-refractivity contribution is 6.31. The number of hydrogen-bond donors (Lipinski definition) is 1. The number of aromatic nitrogens is 2. The lowest BCUT2D eigenvalue weighted by Crippen LogP contribution is -2.23. The van der Waals surface area contributed by atoms with Crippen LogP contribution in [0.1, 0.15) is 15.9 Å². The molecule has 3 rings (SSSR count). The zero-order valence-corrected chi connectivity index (χ0v) is 13.7. The SMILES string of the molecule is O=C(NCc1ccccc1Cl)c1ccc(-n2ccnc2)c([N+](=O)[O-])c1. The average molecular weight is 357 g/mol. The summed E-state index contributed by atoms with van der Waals surface area (Å²) < 4.78 is 1.52. The highest BCUT2D eigenvalue weighted by atomic mass is 35.5. The first kappa shape index (κ1) is 16.7. The number of rotatable bonds is 5. The smallest absolute Gasteiger partial charge is 0.294 e. The number of imidazole rings is 1. The largest absolute Gasteiger partial charge is 0.348 e. The minimum atomic E-state index is -0.528. The lowest BCUT2D eigenvalue weighted by molar-refractivity contribution is -0.384. The molecule has 0 atom stereocenters. The molecule has 2 aromatic carbocycles. The van der Waals surface area contributed by atoms with Crippen LogP contribution < -0.4 is 5.32 Å². The van der Waals surface area contributed by atoms with Crippen LogP contribution in [0.25, 0.3) is 5.69 Å². The van der Waals surface area contributed by atoms with Gasteiger partial charge in [-0.3, -0.25) is 14.9 Å². The molecule has 0 saturated heterocycles. The molecule has 126 valence electrons. The van der Waals surface area contributed by atoms with E-state index in [0.717, 1.165) is 5.56 Å². The normalized spacial score (nSPS) is 10.4. The molecule has 0 spiro atoms. The molecule has 0 fully saturated rings. The number of hydrogen-bond acceptors (Lipinski definition) is 4. The van der Waals surface area contributed by atoms with Crippen LogP contribution in [0.15, 0.2) is 61.2 Å². The Morgan fingerprint density at radius 3 is 2.76 bits per heavy atom. The molecule has 25 heavy (non-hydrogen) atoms. The van der Waals surface area contributed by atoms with E-state index >= 15 is 0 Å². The summed E-state index contributed by atoms with van der Waals surface area (Å²) >= 11 is 6.05. The van der Waals surface area contributed by atoms with Gasteiger partial charge in [0.25, 0.3) is 11.6 Å². The maximum absolute atomic E-state index is 12.3. The van der Waals surface area contributed by atoms with Crippen LogP contribution in [0.5, 0.6) is 0 Å². The van der Waals surface area contributed by atoms with E-state index in [2.05, 4.69) is 10.3 Å². The van der Waals surface area contributed by atoms with Gasteiger partial charge in [-0.15, -0.1) is 0 Å². The van der Waals surface area contributed by atoms with E-state index in [-0.39, 0.29) is 17.8 Å². The van der Waals surface area contributed by atoms with Crippen LogP contribution in [-0.2, 0) is 6.54 Å². The zero-order valence-electron chi connectivity index (χ0n) is 12.9. The fraction of sp³-hybridized carbons (Fsp3) is 0.0588. The molecule has 1 amide bonds. The van der Waals surface area contributed by atoms with Gasteiger partial charge in [0.2, 0.25) is 0 Å². The molecule has 7 nitrogen and oxygen atoms in total. The standard InChI is InChI=1S/C17H13ClN4O3/c18-14-4-2-1-3-13(14)10-20-17(23)12-5-6-15(16(9-12)22(24)25)21-8-7-19-11-21/h1-9,11H,10H2,(H,20,23). The van der Waals surface area contributed by atoms with E-state index in [1.807, 2.05) is 6.07 Å². The Balaban J connectivity index is 1.82. The molecule has 1 heterocycles. The fourth-order valence-electron chi connectivity index (χ4n) is 2.35. The number of carbonyl (C=O) groups is 1. The molecule has 1 aromatic heterocycles. The number of carbonyl (C=O) groups excluding carboxylic acids is 1. The van der Waals surface area contributed by atoms with Gasteiger partial charge in [0.05, 0.1) is 11.3 Å². The molecule has 0 radical (unpaired) electrons. The van der Waals surface area contributed by atoms with Gasteiger partial charge in [-0.05, 0) is 23.8 Å². The van der Waals surface area contributed by atoms with E-state index in [1.165, 1.54) is 35.3 Å². The van der Waals surface area contributed by atoms with Gasteiger partial charge < -0.3 is 9.88 Å². The molecular formula is C17H13ClN4O3. The second kappa shape index (κ2) is 7.14. The van der Waals surface area contributed by atoms with Crippen molar-refractivity contribution in [3.8, 4) is 5.69 Å². The summed E-state index contributed by atoms with van der Waals surface area (Å²) in [5.41, 5.74) is 1.12. The number of nitro groups is 1. The van der Waals surface area contributed by atoms with Gasteiger partial charge in [-0.1, -0.05) is 29.8 Å². The quantitative estimate of drug-likeness (QED) is 0.560. The molecule has 0 unspecified atom stereocenters. The van der Waals surface area contributed by atoms with Crippen molar-refractivity contribution in [1.29, 1.82) is 0 Å². The van der Waals surface area contributed by atoms with Crippen LogP contribution in [0.2, 0.25) is 5.02 Å². The first-order valence-corrected chi connectivity index (χ1v) is 7.72. The maximum atomic E-state index is 12.3. The minimum absolute atomic E-state index is 0.177. The fourth-order valence-corrected chi connectivity index (χ4v) is 2.55. The van der Waals surface area contributed by atoms with Crippen LogP contribution in [-0.4, -0.2) is 20.4 Å². The number of nitrogens with one attached hydrogen (secondary N) is 1. The first-order valence-electron chi connectivity index (χ1n) is 7.34. The van der Waals surface area contributed by atoms with Crippen molar-refractivity contribution in [2.45, 2.75) is 6.54 Å². The Morgan fingerprint density at radius 2 is 2.08 bits per heavy atom. The average Bonchev–Trinajstić information content (AvgIpc) is 3.14. The van der Waals surface area contributed by atoms with Gasteiger partial charge in [0, 0.05) is 35.6 Å². The highest BCUT2D eigenvalue weighted by Gasteiger charge is 2.18. The third-order valence-electron chi connectivity index (χ3n) is 3.61. The van der Waals surface area contributed by atoms with Crippen molar-refractivity contribution >= 4 is 23.2 Å². The monoisotopic (exact) mass is 356 g/mol. The second-order valence-electron chi connectivity index (χ2n) is 5.20. The summed E-state index contributed by atoms with van der Waals surface area (Å²) in [5, 5.41) is 14.6. The number of nitrogens with zero attached hydrogens (tertiary/aromatic N) is 3. The van der Waals surface area contributed by atoms with Crippen molar-refractivity contribution in [3.05, 3.63) is 87.4 Å². The summed E-state index contributed by atoms with van der Waals surface area (Å²) in [6.07, 6.45) is 4.58. The molecule has 0 aliphatic rings. The van der Waals surface area contributed by atoms with Crippen molar-refractivity contribution in [1.82, 2.24) is 14.9 Å². The molecule has 1 N–H and O–H groups in total. The van der Waals surface area contributed by atoms with Crippen molar-refractivity contribution in [2.75, 3.05) is 0 Å². The van der Waals surface area contributed by atoms with Crippen LogP contribution in [0.3, 0.4) is 0 Å². The van der Waals surface area contributed by atoms with Crippen molar-refractivity contribution < 1.29 is 9.72 Å². The van der Waals surface area contributed by atoms with Gasteiger partial charge in [-0.2, -0.15) is 0 Å². The van der Waals surface area contributed by atoms with E-state index in [9.17, 15) is 14.9 Å². The van der Waals surface area contributed by atoms with Crippen LogP contribution in [0.4, 0.5) is 5.69 Å². The van der Waals surface area contributed by atoms with Gasteiger partial charge >= 0.3 is 0 Å². The molecule has 0 bridgehead atoms. The number of halogens is 1. The summed E-state index contributed by atoms with van der Waals surface area (Å²) in [7, 11) is 0. The first-order chi connectivity index (χ1) is 12.1. The summed E-state index contributed by atoms with van der Waals surface area (Å²) in [5.74, 6) is -0.416. The molecular weight excluding hydrogens is 344 g/mol. The van der Waals surface area contributed by atoms with Gasteiger partial charge in [0.15, 0.2) is 0 Å². The Hall–Kier alpha value is -3.19. The Labute approximate surface area is 148 Å². The molecule has 0 saturated carbocycles. The molecule has 0 aliphatic carbocycles. The third-order valence-corrected chi connectivity index (χ3v) is 3.98. The Kier molecular flexibility index (Phi) is 4.76. The van der Waals surface area contributed by atoms with Gasteiger partial charge in [-0.25, -0.2) is 4.98 Å². The summed E-state index contributed by atoms with van der Waals surface area (Å²) in [4.78, 5) is 27.0. The lowest BCUT2D eigenvalue weighted by Gasteiger charge is -2.09. The van der Waals surface area contributed by atoms with Crippen molar-refractivity contribution in [2.24, 2.45) is 0 Å². The van der Waals surface area contributed by atoms with Crippen molar-refractivity contribution in [3.63, 3.8) is 0 Å². The predicted molar refractivity (Wildman–Crippen MR) is 92.8 cm³/mol. The number of nitro benzene ring substituents is 1. The van der Waals surface area contributed by atoms with Gasteiger partial charge in [0.1, 0.15) is 5.69 Å². The van der Waals surface area contributed by atoms with Crippen LogP contribution in [0, 0.1) is 10.1 Å². The Bertz CT molecular complexity index is 925. The van der Waals surface area contributed by atoms with E-state index in [4.69, 9.17) is 11.6 Å². The van der Waals surface area contributed by atoms with E-state index in [0.29, 0.717) is 10.7 Å². The summed E-state index contributed by atoms with van der Waals surface area (Å²) in [6, 6.07) is 11.4. The second-order valence-corrected chi connectivity index (χ2v) is 5.61. The van der Waals surface area contributed by atoms with E-state index in [1.54, 1.807) is 24.4 Å². The highest BCUT2D eigenvalue weighted by Crippen LogP contribution is 2.24. The third kappa shape index (κ3) is 3.67. The zero-order chi connectivity index (χ0) is 17.8. The van der Waals surface area contributed by atoms with E-state index < -0.39 is 10.8 Å². The lowest BCUT2D eigenvalue weighted by atomic mass is 10.1. The number of benzene rings is 2. The molecule has 3 aromatic rings. The Morgan fingerprint density at radius 1 is 1.28 bits per heavy atom. The topological polar surface area (TPSA) is 90.1 Å². The summed E-state index contributed by atoms with van der Waals surface area (Å²) in [6.45, 7) is 0.232. The molecule has 0 aliphatic heterocycles. The molecule has 8 heteroatoms. The van der Waals surface area contributed by atoms with Crippen LogP contribution >= 0.6 is 11.6 Å². The predicted octanol–water partition coefficient (Wildman–Crippen LogP) is 3.36. The maximum Gasteiger partial charge on any atom is 0.294 e.